The van der Waals surface area contributed by atoms with E-state index < -0.39 is 5.97 Å². The monoisotopic (exact) mass is 291 g/mol. The van der Waals surface area contributed by atoms with E-state index in [4.69, 9.17) is 9.84 Å². The molecule has 2 N–H and O–H groups in total. The van der Waals surface area contributed by atoms with E-state index in [2.05, 4.69) is 5.32 Å². The first-order valence-corrected chi connectivity index (χ1v) is 7.32. The summed E-state index contributed by atoms with van der Waals surface area (Å²) in [6, 6.07) is 5.06. The highest BCUT2D eigenvalue weighted by Crippen LogP contribution is 2.18. The first-order valence-electron chi connectivity index (χ1n) is 7.32. The van der Waals surface area contributed by atoms with Crippen LogP contribution in [0.5, 0.6) is 5.75 Å². The third kappa shape index (κ3) is 4.48. The Labute approximate surface area is 124 Å². The van der Waals surface area contributed by atoms with Crippen LogP contribution >= 0.6 is 0 Å². The number of carboxylic acid groups (broad SMARTS) is 1. The van der Waals surface area contributed by atoms with Crippen LogP contribution in [0.1, 0.15) is 48.0 Å². The van der Waals surface area contributed by atoms with Crippen LogP contribution < -0.4 is 10.1 Å². The molecule has 21 heavy (non-hydrogen) atoms. The number of benzene rings is 1. The van der Waals surface area contributed by atoms with Gasteiger partial charge < -0.3 is 15.2 Å². The Balaban J connectivity index is 1.86. The number of amides is 1. The predicted octanol–water partition coefficient (Wildman–Crippen LogP) is 2.52. The van der Waals surface area contributed by atoms with Crippen molar-refractivity contribution in [3.05, 3.63) is 29.3 Å². The Hall–Kier alpha value is -2.04. The van der Waals surface area contributed by atoms with Crippen LogP contribution in [0.2, 0.25) is 0 Å². The number of aryl methyl sites for hydroxylation is 1. The molecule has 0 aliphatic heterocycles. The van der Waals surface area contributed by atoms with E-state index >= 15 is 0 Å². The molecule has 5 heteroatoms. The van der Waals surface area contributed by atoms with Gasteiger partial charge in [-0.15, -0.1) is 0 Å². The van der Waals surface area contributed by atoms with Crippen LogP contribution in [0.25, 0.3) is 0 Å². The van der Waals surface area contributed by atoms with E-state index in [1.165, 1.54) is 12.5 Å². The second-order valence-corrected chi connectivity index (χ2v) is 5.47. The van der Waals surface area contributed by atoms with Gasteiger partial charge in [-0.3, -0.25) is 4.79 Å². The van der Waals surface area contributed by atoms with Gasteiger partial charge in [-0.25, -0.2) is 4.79 Å². The van der Waals surface area contributed by atoms with E-state index in [0.29, 0.717) is 11.3 Å². The molecule has 0 aromatic heterocycles. The molecule has 0 bridgehead atoms. The SMILES string of the molecule is Cc1ccc(OCC(=O)NC2CCCCC2)cc1C(=O)O. The maximum absolute atomic E-state index is 11.8. The van der Waals surface area contributed by atoms with E-state index in [1.807, 2.05) is 0 Å². The number of carboxylic acids is 1. The fraction of sp³-hybridized carbons (Fsp3) is 0.500. The van der Waals surface area contributed by atoms with Crippen molar-refractivity contribution in [1.82, 2.24) is 5.32 Å². The minimum atomic E-state index is -0.996. The van der Waals surface area contributed by atoms with Crippen LogP contribution in [0, 0.1) is 6.92 Å². The van der Waals surface area contributed by atoms with Crippen molar-refractivity contribution in [2.45, 2.75) is 45.1 Å². The van der Waals surface area contributed by atoms with Crippen LogP contribution in [-0.4, -0.2) is 29.6 Å². The number of carbonyl (C=O) groups is 2. The number of aromatic carboxylic acids is 1. The largest absolute Gasteiger partial charge is 0.484 e. The summed E-state index contributed by atoms with van der Waals surface area (Å²) in [5.41, 5.74) is 0.863. The number of hydrogen-bond acceptors (Lipinski definition) is 3. The van der Waals surface area contributed by atoms with Crippen molar-refractivity contribution >= 4 is 11.9 Å². The van der Waals surface area contributed by atoms with E-state index in [1.54, 1.807) is 19.1 Å². The summed E-state index contributed by atoms with van der Waals surface area (Å²) < 4.78 is 5.38. The third-order valence-electron chi connectivity index (χ3n) is 3.78. The minimum absolute atomic E-state index is 0.0847. The zero-order valence-corrected chi connectivity index (χ0v) is 12.2. The molecule has 1 aliphatic carbocycles. The fourth-order valence-electron chi connectivity index (χ4n) is 2.59. The van der Waals surface area contributed by atoms with Gasteiger partial charge in [0.1, 0.15) is 5.75 Å². The first kappa shape index (κ1) is 15.4. The molecule has 2 rings (SSSR count). The second-order valence-electron chi connectivity index (χ2n) is 5.47. The molecule has 1 saturated carbocycles. The molecule has 0 spiro atoms. The van der Waals surface area contributed by atoms with E-state index in [0.717, 1.165) is 25.7 Å². The van der Waals surface area contributed by atoms with Crippen LogP contribution in [0.15, 0.2) is 18.2 Å². The predicted molar refractivity (Wildman–Crippen MR) is 78.6 cm³/mol. The topological polar surface area (TPSA) is 75.6 Å². The number of rotatable bonds is 5. The number of hydrogen-bond donors (Lipinski definition) is 2. The van der Waals surface area contributed by atoms with Gasteiger partial charge in [0.15, 0.2) is 6.61 Å². The van der Waals surface area contributed by atoms with Crippen molar-refractivity contribution in [2.24, 2.45) is 0 Å². The highest BCUT2D eigenvalue weighted by molar-refractivity contribution is 5.89. The maximum atomic E-state index is 11.8. The van der Waals surface area contributed by atoms with Crippen LogP contribution in [0.3, 0.4) is 0 Å². The second kappa shape index (κ2) is 7.11. The van der Waals surface area contributed by atoms with Crippen molar-refractivity contribution < 1.29 is 19.4 Å². The van der Waals surface area contributed by atoms with Gasteiger partial charge in [-0.05, 0) is 37.5 Å². The molecule has 0 saturated heterocycles. The number of carbonyl (C=O) groups excluding carboxylic acids is 1. The Kier molecular flexibility index (Phi) is 5.20. The first-order chi connectivity index (χ1) is 10.1. The lowest BCUT2D eigenvalue weighted by atomic mass is 9.95. The number of nitrogens with one attached hydrogen (secondary N) is 1. The average Bonchev–Trinajstić information content (AvgIpc) is 2.47. The summed E-state index contributed by atoms with van der Waals surface area (Å²) in [5.74, 6) is -0.749. The smallest absolute Gasteiger partial charge is 0.336 e. The Bertz CT molecular complexity index is 521. The molecule has 1 aromatic rings. The average molecular weight is 291 g/mol. The van der Waals surface area contributed by atoms with Crippen LogP contribution in [-0.2, 0) is 4.79 Å². The van der Waals surface area contributed by atoms with Gasteiger partial charge >= 0.3 is 5.97 Å². The molecule has 1 amide bonds. The molecule has 0 unspecified atom stereocenters. The van der Waals surface area contributed by atoms with E-state index in [9.17, 15) is 9.59 Å². The lowest BCUT2D eigenvalue weighted by Crippen LogP contribution is -2.38. The van der Waals surface area contributed by atoms with Gasteiger partial charge in [0.2, 0.25) is 0 Å². The summed E-state index contributed by atoms with van der Waals surface area (Å²) >= 11 is 0. The standard InChI is InChI=1S/C16H21NO4/c1-11-7-8-13(9-14(11)16(19)20)21-10-15(18)17-12-5-3-2-4-6-12/h7-9,12H,2-6,10H2,1H3,(H,17,18)(H,19,20). The van der Waals surface area contributed by atoms with Gasteiger partial charge in [0, 0.05) is 6.04 Å². The maximum Gasteiger partial charge on any atom is 0.336 e. The number of ether oxygens (including phenoxy) is 1. The molecule has 0 heterocycles. The molecular formula is C16H21NO4. The third-order valence-corrected chi connectivity index (χ3v) is 3.78. The molecular weight excluding hydrogens is 270 g/mol. The van der Waals surface area contributed by atoms with Gasteiger partial charge in [-0.2, -0.15) is 0 Å². The summed E-state index contributed by atoms with van der Waals surface area (Å²) in [6.45, 7) is 1.64. The van der Waals surface area contributed by atoms with Crippen molar-refractivity contribution in [2.75, 3.05) is 6.61 Å². The quantitative estimate of drug-likeness (QED) is 0.874. The van der Waals surface area contributed by atoms with Crippen molar-refractivity contribution in [1.29, 1.82) is 0 Å². The minimum Gasteiger partial charge on any atom is -0.484 e. The summed E-state index contributed by atoms with van der Waals surface area (Å²) in [6.07, 6.45) is 5.61. The lowest BCUT2D eigenvalue weighted by molar-refractivity contribution is -0.124. The molecule has 1 fully saturated rings. The highest BCUT2D eigenvalue weighted by atomic mass is 16.5. The zero-order chi connectivity index (χ0) is 15.2. The fourth-order valence-corrected chi connectivity index (χ4v) is 2.59. The molecule has 0 radical (unpaired) electrons. The molecule has 1 aliphatic rings. The van der Waals surface area contributed by atoms with Gasteiger partial charge in [0.05, 0.1) is 5.56 Å². The normalized spacial score (nSPS) is 15.5. The molecule has 1 aromatic carbocycles. The molecule has 0 atom stereocenters. The van der Waals surface area contributed by atoms with Gasteiger partial charge in [0.25, 0.3) is 5.91 Å². The van der Waals surface area contributed by atoms with Crippen molar-refractivity contribution in [3.8, 4) is 5.75 Å². The van der Waals surface area contributed by atoms with Crippen molar-refractivity contribution in [3.63, 3.8) is 0 Å². The Morgan fingerprint density at radius 3 is 2.67 bits per heavy atom. The van der Waals surface area contributed by atoms with E-state index in [-0.39, 0.29) is 24.1 Å². The zero-order valence-electron chi connectivity index (χ0n) is 12.2. The summed E-state index contributed by atoms with van der Waals surface area (Å²) in [5, 5.41) is 12.0. The molecule has 5 nitrogen and oxygen atoms in total. The van der Waals surface area contributed by atoms with Gasteiger partial charge in [-0.1, -0.05) is 25.3 Å². The Morgan fingerprint density at radius 1 is 1.29 bits per heavy atom. The summed E-state index contributed by atoms with van der Waals surface area (Å²) in [4.78, 5) is 22.9. The lowest BCUT2D eigenvalue weighted by Gasteiger charge is -2.22. The van der Waals surface area contributed by atoms with Crippen LogP contribution in [0.4, 0.5) is 0 Å². The Morgan fingerprint density at radius 2 is 2.00 bits per heavy atom. The summed E-state index contributed by atoms with van der Waals surface area (Å²) in [7, 11) is 0. The molecule has 114 valence electrons. The highest BCUT2D eigenvalue weighted by Gasteiger charge is 2.16.